The predicted molar refractivity (Wildman–Crippen MR) is 152 cm³/mol. The lowest BCUT2D eigenvalue weighted by atomic mass is 9.97. The molecular weight excluding hydrogens is 512 g/mol. The molecule has 0 radical (unpaired) electrons. The van der Waals surface area contributed by atoms with E-state index in [0.717, 1.165) is 45.4 Å². The summed E-state index contributed by atoms with van der Waals surface area (Å²) in [4.78, 5) is 31.2. The van der Waals surface area contributed by atoms with Gasteiger partial charge in [0.25, 0.3) is 5.91 Å². The molecule has 212 valence electrons. The largest absolute Gasteiger partial charge is 0.493 e. The third-order valence-corrected chi connectivity index (χ3v) is 6.88. The quantitative estimate of drug-likeness (QED) is 0.237. The minimum absolute atomic E-state index is 0.105. The van der Waals surface area contributed by atoms with Crippen LogP contribution in [0.25, 0.3) is 11.3 Å². The molecule has 1 aliphatic heterocycles. The number of aryl methyl sites for hydroxylation is 4. The summed E-state index contributed by atoms with van der Waals surface area (Å²) in [6.07, 6.45) is 1.60. The zero-order valence-electron chi connectivity index (χ0n) is 23.5. The van der Waals surface area contributed by atoms with E-state index in [9.17, 15) is 9.59 Å². The Kier molecular flexibility index (Phi) is 8.64. The molecule has 4 rings (SSSR count). The van der Waals surface area contributed by atoms with Crippen LogP contribution in [-0.2, 0) is 24.3 Å². The number of fused-ring (bicyclic) bond motifs is 3. The van der Waals surface area contributed by atoms with Gasteiger partial charge in [-0.3, -0.25) is 24.6 Å². The number of nitrogens with zero attached hydrogens (tertiary/aromatic N) is 3. The number of carbonyl (C=O) groups is 1. The van der Waals surface area contributed by atoms with Gasteiger partial charge in [0, 0.05) is 37.5 Å². The minimum atomic E-state index is -0.599. The van der Waals surface area contributed by atoms with E-state index in [2.05, 4.69) is 17.4 Å². The monoisotopic (exact) mass is 548 g/mol. The molecule has 1 amide bonds. The number of aromatic nitrogens is 2. The molecule has 0 aliphatic carbocycles. The van der Waals surface area contributed by atoms with E-state index >= 15 is 0 Å². The molecule has 2 heterocycles. The maximum absolute atomic E-state index is 13.9. The Bertz CT molecular complexity index is 1580. The van der Waals surface area contributed by atoms with Gasteiger partial charge in [-0.1, -0.05) is 17.7 Å². The smallest absolute Gasteiger partial charge is 0.330 e. The topological polar surface area (TPSA) is 145 Å². The van der Waals surface area contributed by atoms with Crippen molar-refractivity contribution in [2.24, 2.45) is 10.7 Å². The highest BCUT2D eigenvalue weighted by Crippen LogP contribution is 2.37. The summed E-state index contributed by atoms with van der Waals surface area (Å²) in [6, 6.07) is 9.90. The van der Waals surface area contributed by atoms with E-state index in [1.54, 1.807) is 21.7 Å². The average Bonchev–Trinajstić information content (AvgIpc) is 2.92. The molecule has 40 heavy (non-hydrogen) atoms. The Morgan fingerprint density at radius 1 is 1.15 bits per heavy atom. The van der Waals surface area contributed by atoms with Crippen molar-refractivity contribution in [2.45, 2.75) is 47.2 Å². The van der Waals surface area contributed by atoms with Crippen LogP contribution in [0.1, 0.15) is 29.2 Å². The van der Waals surface area contributed by atoms with Crippen LogP contribution in [0.3, 0.4) is 0 Å². The summed E-state index contributed by atoms with van der Waals surface area (Å²) in [5.74, 6) is 0.657. The van der Waals surface area contributed by atoms with Crippen molar-refractivity contribution < 1.29 is 19.5 Å². The summed E-state index contributed by atoms with van der Waals surface area (Å²) < 4.78 is 14.6. The zero-order valence-corrected chi connectivity index (χ0v) is 23.5. The van der Waals surface area contributed by atoms with Gasteiger partial charge in [0.1, 0.15) is 11.2 Å². The second-order valence-corrected chi connectivity index (χ2v) is 9.62. The maximum Gasteiger partial charge on any atom is 0.330 e. The van der Waals surface area contributed by atoms with Crippen molar-refractivity contribution in [3.05, 3.63) is 80.5 Å². The van der Waals surface area contributed by atoms with Gasteiger partial charge in [0.05, 0.1) is 25.1 Å². The molecule has 0 atom stereocenters. The van der Waals surface area contributed by atoms with E-state index in [-0.39, 0.29) is 24.5 Å². The summed E-state index contributed by atoms with van der Waals surface area (Å²) in [5.41, 5.74) is 13.7. The molecule has 2 aromatic carbocycles. The van der Waals surface area contributed by atoms with Crippen LogP contribution >= 0.6 is 0 Å². The normalized spacial score (nSPS) is 12.9. The number of nitrogens with one attached hydrogen (secondary N) is 2. The third kappa shape index (κ3) is 5.59. The number of ether oxygens (including phenoxy) is 2. The molecule has 11 heteroatoms. The second kappa shape index (κ2) is 12.1. The molecule has 11 nitrogen and oxygen atoms in total. The van der Waals surface area contributed by atoms with Gasteiger partial charge in [-0.25, -0.2) is 9.79 Å². The molecular formula is C29H36N6O5. The number of hydroxylamine groups is 1. The Hall–Kier alpha value is -4.51. The van der Waals surface area contributed by atoms with Gasteiger partial charge >= 0.3 is 5.69 Å². The highest BCUT2D eigenvalue weighted by molar-refractivity contribution is 5.92. The summed E-state index contributed by atoms with van der Waals surface area (Å²) in [6.45, 7) is 9.18. The minimum Gasteiger partial charge on any atom is -0.493 e. The Balaban J connectivity index is 1.89. The number of benzene rings is 2. The number of rotatable bonds is 9. The van der Waals surface area contributed by atoms with Gasteiger partial charge in [0.15, 0.2) is 11.5 Å². The number of methoxy groups -OCH3 is 1. The number of amides is 1. The van der Waals surface area contributed by atoms with Crippen molar-refractivity contribution in [3.8, 4) is 22.8 Å². The predicted octanol–water partition coefficient (Wildman–Crippen LogP) is 2.33. The first-order valence-electron chi connectivity index (χ1n) is 13.1. The van der Waals surface area contributed by atoms with Gasteiger partial charge in [-0.05, 0) is 62.9 Å². The summed E-state index contributed by atoms with van der Waals surface area (Å²) >= 11 is 0. The lowest BCUT2D eigenvalue weighted by molar-refractivity contribution is -0.118. The molecule has 1 aromatic heterocycles. The van der Waals surface area contributed by atoms with Gasteiger partial charge in [-0.2, -0.15) is 0 Å². The van der Waals surface area contributed by atoms with Crippen molar-refractivity contribution in [2.75, 3.05) is 20.3 Å². The van der Waals surface area contributed by atoms with Crippen LogP contribution in [-0.4, -0.2) is 40.5 Å². The van der Waals surface area contributed by atoms with Gasteiger partial charge in [0.2, 0.25) is 0 Å². The van der Waals surface area contributed by atoms with E-state index in [1.165, 1.54) is 0 Å². The first-order chi connectivity index (χ1) is 19.2. The Labute approximate surface area is 232 Å². The van der Waals surface area contributed by atoms with Crippen LogP contribution in [0.4, 0.5) is 5.69 Å². The fourth-order valence-electron chi connectivity index (χ4n) is 5.08. The molecule has 0 fully saturated rings. The molecule has 5 N–H and O–H groups in total. The van der Waals surface area contributed by atoms with Crippen molar-refractivity contribution in [3.63, 3.8) is 0 Å². The maximum atomic E-state index is 13.9. The molecule has 3 aromatic rings. The fraction of sp³-hybridized carbons (Fsp3) is 0.345. The van der Waals surface area contributed by atoms with Crippen molar-refractivity contribution in [1.82, 2.24) is 19.9 Å². The highest BCUT2D eigenvalue weighted by atomic mass is 16.5. The lowest BCUT2D eigenvalue weighted by Gasteiger charge is -2.25. The third-order valence-electron chi connectivity index (χ3n) is 6.88. The highest BCUT2D eigenvalue weighted by Gasteiger charge is 2.23. The van der Waals surface area contributed by atoms with Crippen LogP contribution in [0.5, 0.6) is 11.5 Å². The lowest BCUT2D eigenvalue weighted by Crippen LogP contribution is -2.44. The number of carbonyl (C=O) groups excluding carboxylic acids is 1. The first-order valence-corrected chi connectivity index (χ1v) is 13.1. The summed E-state index contributed by atoms with van der Waals surface area (Å²) in [5, 5.41) is 11.7. The standard InChI is InChI=1S/C29H36N6O5/c1-6-40-25-13-20-7-9-34-23(21(20)14-24(25)39-5)15-26(32-27-18(3)11-17(2)12-19(27)4)35(29(34)37)10-8-31-28(36)22(16-30)33-38/h11-16,33,38H,6-10,30H2,1-5H3,(H,31,36)/b22-16-,32-26+. The molecule has 0 unspecified atom stereocenters. The molecule has 0 saturated heterocycles. The first kappa shape index (κ1) is 28.5. The van der Waals surface area contributed by atoms with Crippen LogP contribution in [0.2, 0.25) is 0 Å². The summed E-state index contributed by atoms with van der Waals surface area (Å²) in [7, 11) is 1.59. The molecule has 0 spiro atoms. The molecule has 1 aliphatic rings. The van der Waals surface area contributed by atoms with Crippen LogP contribution in [0, 0.1) is 20.8 Å². The van der Waals surface area contributed by atoms with Crippen molar-refractivity contribution >= 4 is 11.6 Å². The van der Waals surface area contributed by atoms with E-state index in [4.69, 9.17) is 25.4 Å². The fourth-order valence-corrected chi connectivity index (χ4v) is 5.08. The number of hydrogen-bond acceptors (Lipinski definition) is 8. The van der Waals surface area contributed by atoms with Gasteiger partial charge in [-0.15, -0.1) is 0 Å². The zero-order chi connectivity index (χ0) is 29.0. The SMILES string of the molecule is CCOc1cc2c(cc1OC)-c1c/c(=N\c3c(C)cc(C)cc3C)n(CCNC(=O)/C(=C/N)NO)c(=O)n1CC2. The molecule has 0 bridgehead atoms. The average molecular weight is 549 g/mol. The van der Waals surface area contributed by atoms with E-state index < -0.39 is 5.91 Å². The Morgan fingerprint density at radius 2 is 1.88 bits per heavy atom. The Morgan fingerprint density at radius 3 is 2.50 bits per heavy atom. The van der Waals surface area contributed by atoms with Gasteiger partial charge < -0.3 is 20.5 Å². The van der Waals surface area contributed by atoms with Crippen LogP contribution in [0.15, 0.2) is 52.0 Å². The van der Waals surface area contributed by atoms with Crippen molar-refractivity contribution in [1.29, 1.82) is 0 Å². The van der Waals surface area contributed by atoms with Crippen LogP contribution < -0.4 is 37.2 Å². The number of nitrogens with two attached hydrogens (primary N) is 1. The number of hydrogen-bond donors (Lipinski definition) is 4. The second-order valence-electron chi connectivity index (χ2n) is 9.62. The molecule has 0 saturated carbocycles. The van der Waals surface area contributed by atoms with E-state index in [1.807, 2.05) is 45.9 Å². The van der Waals surface area contributed by atoms with E-state index in [0.29, 0.717) is 36.6 Å².